The molecule has 0 radical (unpaired) electrons. The Labute approximate surface area is 173 Å². The van der Waals surface area contributed by atoms with Crippen LogP contribution >= 0.6 is 0 Å². The van der Waals surface area contributed by atoms with Gasteiger partial charge in [-0.3, -0.25) is 9.59 Å². The van der Waals surface area contributed by atoms with Gasteiger partial charge in [-0.05, 0) is 65.2 Å². The van der Waals surface area contributed by atoms with Gasteiger partial charge in [-0.25, -0.2) is 9.97 Å². The van der Waals surface area contributed by atoms with Crippen LogP contribution in [0.15, 0.2) is 6.20 Å². The van der Waals surface area contributed by atoms with Crippen molar-refractivity contribution in [3.05, 3.63) is 23.3 Å². The Bertz CT molecular complexity index is 706. The van der Waals surface area contributed by atoms with E-state index in [4.69, 9.17) is 4.74 Å². The zero-order chi connectivity index (χ0) is 20.8. The van der Waals surface area contributed by atoms with Crippen LogP contribution in [-0.4, -0.2) is 59.0 Å². The lowest BCUT2D eigenvalue weighted by Gasteiger charge is -2.30. The van der Waals surface area contributed by atoms with Gasteiger partial charge >= 0.3 is 0 Å². The maximum absolute atomic E-state index is 12.9. The molecule has 0 unspecified atom stereocenters. The standard InChI is InChI=1S/C22H34N4O3/c1-4-26(5-2)22(28)18-14-23-15(3)25-20(18)17-10-8-16(9-11-17)13-24-21(27)19-7-6-12-29-19/h14,16-17,19H,4-13H2,1-3H3,(H,24,27)/t16?,17?,19-/m1/s1. The second-order valence-corrected chi connectivity index (χ2v) is 8.16. The average Bonchev–Trinajstić information content (AvgIpc) is 3.28. The van der Waals surface area contributed by atoms with Gasteiger partial charge in [0.1, 0.15) is 11.9 Å². The van der Waals surface area contributed by atoms with Gasteiger partial charge in [0.15, 0.2) is 0 Å². The molecule has 2 fully saturated rings. The van der Waals surface area contributed by atoms with Gasteiger partial charge in [0, 0.05) is 38.4 Å². The van der Waals surface area contributed by atoms with Crippen molar-refractivity contribution < 1.29 is 14.3 Å². The van der Waals surface area contributed by atoms with E-state index in [1.54, 1.807) is 6.20 Å². The summed E-state index contributed by atoms with van der Waals surface area (Å²) in [5.41, 5.74) is 1.55. The van der Waals surface area contributed by atoms with Crippen LogP contribution < -0.4 is 5.32 Å². The van der Waals surface area contributed by atoms with Crippen molar-refractivity contribution in [1.82, 2.24) is 20.2 Å². The Morgan fingerprint density at radius 2 is 1.90 bits per heavy atom. The largest absolute Gasteiger partial charge is 0.368 e. The van der Waals surface area contributed by atoms with E-state index >= 15 is 0 Å². The summed E-state index contributed by atoms with van der Waals surface area (Å²) in [5.74, 6) is 1.51. The number of amides is 2. The SMILES string of the molecule is CCN(CC)C(=O)c1cnc(C)nc1C1CCC(CNC(=O)[C@H]2CCCO2)CC1. The number of hydrogen-bond donors (Lipinski definition) is 1. The van der Waals surface area contributed by atoms with Crippen LogP contribution in [0.1, 0.15) is 80.2 Å². The summed E-state index contributed by atoms with van der Waals surface area (Å²) in [5, 5.41) is 3.07. The van der Waals surface area contributed by atoms with Gasteiger partial charge < -0.3 is 15.0 Å². The fraction of sp³-hybridized carbons (Fsp3) is 0.727. The van der Waals surface area contributed by atoms with Crippen molar-refractivity contribution in [3.8, 4) is 0 Å². The second-order valence-electron chi connectivity index (χ2n) is 8.16. The lowest BCUT2D eigenvalue weighted by atomic mass is 9.79. The van der Waals surface area contributed by atoms with Crippen molar-refractivity contribution in [2.45, 2.75) is 71.3 Å². The number of aromatic nitrogens is 2. The zero-order valence-electron chi connectivity index (χ0n) is 17.9. The zero-order valence-corrected chi connectivity index (χ0v) is 17.9. The maximum atomic E-state index is 12.9. The second kappa shape index (κ2) is 10.1. The Hall–Kier alpha value is -2.02. The maximum Gasteiger partial charge on any atom is 0.257 e. The third-order valence-corrected chi connectivity index (χ3v) is 6.24. The topological polar surface area (TPSA) is 84.4 Å². The molecule has 2 amide bonds. The predicted octanol–water partition coefficient (Wildman–Crippen LogP) is 2.84. The lowest BCUT2D eigenvalue weighted by molar-refractivity contribution is -0.130. The van der Waals surface area contributed by atoms with E-state index in [-0.39, 0.29) is 23.8 Å². The number of nitrogens with zero attached hydrogens (tertiary/aromatic N) is 3. The summed E-state index contributed by atoms with van der Waals surface area (Å²) in [6.07, 6.45) is 7.25. The Morgan fingerprint density at radius 1 is 1.17 bits per heavy atom. The van der Waals surface area contributed by atoms with Crippen LogP contribution in [0.2, 0.25) is 0 Å². The van der Waals surface area contributed by atoms with Crippen LogP contribution in [-0.2, 0) is 9.53 Å². The number of aryl methyl sites for hydroxylation is 1. The summed E-state index contributed by atoms with van der Waals surface area (Å²) in [4.78, 5) is 35.9. The van der Waals surface area contributed by atoms with E-state index in [9.17, 15) is 9.59 Å². The van der Waals surface area contributed by atoms with E-state index in [0.29, 0.717) is 43.5 Å². The van der Waals surface area contributed by atoms with Gasteiger partial charge in [0.25, 0.3) is 5.91 Å². The molecular weight excluding hydrogens is 368 g/mol. The predicted molar refractivity (Wildman–Crippen MR) is 111 cm³/mol. The van der Waals surface area contributed by atoms with Crippen molar-refractivity contribution in [1.29, 1.82) is 0 Å². The molecule has 0 aromatic carbocycles. The number of ether oxygens (including phenoxy) is 1. The number of nitrogens with one attached hydrogen (secondary N) is 1. The Balaban J connectivity index is 1.59. The minimum absolute atomic E-state index is 0.0240. The summed E-state index contributed by atoms with van der Waals surface area (Å²) < 4.78 is 5.45. The fourth-order valence-electron chi connectivity index (χ4n) is 4.43. The first-order valence-corrected chi connectivity index (χ1v) is 11.1. The molecule has 1 aliphatic carbocycles. The van der Waals surface area contributed by atoms with E-state index < -0.39 is 0 Å². The molecule has 1 aromatic rings. The highest BCUT2D eigenvalue weighted by Gasteiger charge is 2.29. The van der Waals surface area contributed by atoms with Crippen LogP contribution in [0.5, 0.6) is 0 Å². The normalized spacial score (nSPS) is 24.3. The molecule has 1 saturated carbocycles. The van der Waals surface area contributed by atoms with E-state index in [1.807, 2.05) is 25.7 Å². The molecule has 1 atom stereocenters. The third kappa shape index (κ3) is 5.32. The van der Waals surface area contributed by atoms with E-state index in [2.05, 4.69) is 15.3 Å². The highest BCUT2D eigenvalue weighted by molar-refractivity contribution is 5.95. The first kappa shape index (κ1) is 21.7. The highest BCUT2D eigenvalue weighted by Crippen LogP contribution is 2.36. The summed E-state index contributed by atoms with van der Waals surface area (Å²) in [6, 6.07) is 0. The molecule has 2 aliphatic rings. The van der Waals surface area contributed by atoms with Gasteiger partial charge in [0.05, 0.1) is 11.3 Å². The van der Waals surface area contributed by atoms with Crippen LogP contribution in [0.25, 0.3) is 0 Å². The highest BCUT2D eigenvalue weighted by atomic mass is 16.5. The molecular formula is C22H34N4O3. The molecule has 3 rings (SSSR count). The van der Waals surface area contributed by atoms with Crippen molar-refractivity contribution in [3.63, 3.8) is 0 Å². The summed E-state index contributed by atoms with van der Waals surface area (Å²) >= 11 is 0. The van der Waals surface area contributed by atoms with Crippen molar-refractivity contribution in [2.24, 2.45) is 5.92 Å². The van der Waals surface area contributed by atoms with Gasteiger partial charge in [-0.1, -0.05) is 0 Å². The monoisotopic (exact) mass is 402 g/mol. The summed E-state index contributed by atoms with van der Waals surface area (Å²) in [6.45, 7) is 8.62. The Morgan fingerprint density at radius 3 is 2.52 bits per heavy atom. The molecule has 0 bridgehead atoms. The molecule has 0 spiro atoms. The van der Waals surface area contributed by atoms with Crippen LogP contribution in [0, 0.1) is 12.8 Å². The molecule has 7 heteroatoms. The molecule has 7 nitrogen and oxygen atoms in total. The summed E-state index contributed by atoms with van der Waals surface area (Å²) in [7, 11) is 0. The fourth-order valence-corrected chi connectivity index (χ4v) is 4.43. The number of carbonyl (C=O) groups excluding carboxylic acids is 2. The molecule has 1 N–H and O–H groups in total. The molecule has 160 valence electrons. The van der Waals surface area contributed by atoms with Crippen LogP contribution in [0.4, 0.5) is 0 Å². The minimum Gasteiger partial charge on any atom is -0.368 e. The van der Waals surface area contributed by atoms with E-state index in [1.165, 1.54) is 0 Å². The van der Waals surface area contributed by atoms with Gasteiger partial charge in [0.2, 0.25) is 5.91 Å². The number of carbonyl (C=O) groups is 2. The van der Waals surface area contributed by atoms with Gasteiger partial charge in [-0.15, -0.1) is 0 Å². The molecule has 29 heavy (non-hydrogen) atoms. The minimum atomic E-state index is -0.260. The van der Waals surface area contributed by atoms with E-state index in [0.717, 1.165) is 44.2 Å². The average molecular weight is 403 g/mol. The molecule has 2 heterocycles. The first-order chi connectivity index (χ1) is 14.0. The molecule has 1 aromatic heterocycles. The quantitative estimate of drug-likeness (QED) is 0.758. The lowest BCUT2D eigenvalue weighted by Crippen LogP contribution is -2.38. The third-order valence-electron chi connectivity index (χ3n) is 6.24. The smallest absolute Gasteiger partial charge is 0.257 e. The van der Waals surface area contributed by atoms with Crippen molar-refractivity contribution in [2.75, 3.05) is 26.2 Å². The van der Waals surface area contributed by atoms with Crippen molar-refractivity contribution >= 4 is 11.8 Å². The first-order valence-electron chi connectivity index (χ1n) is 11.1. The Kier molecular flexibility index (Phi) is 7.58. The molecule has 1 aliphatic heterocycles. The van der Waals surface area contributed by atoms with Crippen LogP contribution in [0.3, 0.4) is 0 Å². The molecule has 1 saturated heterocycles. The number of rotatable bonds is 7. The number of hydrogen-bond acceptors (Lipinski definition) is 5. The van der Waals surface area contributed by atoms with Gasteiger partial charge in [-0.2, -0.15) is 0 Å².